The predicted molar refractivity (Wildman–Crippen MR) is 71.7 cm³/mol. The second-order valence-corrected chi connectivity index (χ2v) is 5.06. The van der Waals surface area contributed by atoms with Gasteiger partial charge < -0.3 is 14.6 Å². The minimum atomic E-state index is 0.160. The summed E-state index contributed by atoms with van der Waals surface area (Å²) >= 11 is 0. The lowest BCUT2D eigenvalue weighted by atomic mass is 10.1. The van der Waals surface area contributed by atoms with E-state index in [-0.39, 0.29) is 6.10 Å². The van der Waals surface area contributed by atoms with Crippen LogP contribution in [0.2, 0.25) is 0 Å². The van der Waals surface area contributed by atoms with Crippen LogP contribution < -0.4 is 5.32 Å². The maximum Gasteiger partial charge on any atom is 0.0960 e. The van der Waals surface area contributed by atoms with Crippen molar-refractivity contribution in [1.82, 2.24) is 14.9 Å². The Morgan fingerprint density at radius 3 is 3.06 bits per heavy atom. The first-order chi connectivity index (χ1) is 8.75. The quantitative estimate of drug-likeness (QED) is 0.882. The van der Waals surface area contributed by atoms with Crippen molar-refractivity contribution in [3.8, 4) is 0 Å². The van der Waals surface area contributed by atoms with Gasteiger partial charge in [-0.05, 0) is 31.5 Å². The number of nitrogens with zero attached hydrogens (tertiary/aromatic N) is 2. The van der Waals surface area contributed by atoms with E-state index < -0.39 is 0 Å². The lowest BCUT2D eigenvalue weighted by molar-refractivity contribution is 0.0278. The van der Waals surface area contributed by atoms with Crippen LogP contribution in [-0.2, 0) is 4.74 Å². The molecular formula is C14H19N3O. The van der Waals surface area contributed by atoms with Crippen molar-refractivity contribution < 1.29 is 4.74 Å². The number of imidazole rings is 1. The van der Waals surface area contributed by atoms with E-state index in [1.807, 2.05) is 6.33 Å². The molecule has 3 rings (SSSR count). The van der Waals surface area contributed by atoms with E-state index in [0.29, 0.717) is 6.04 Å². The van der Waals surface area contributed by atoms with Crippen LogP contribution in [0.1, 0.15) is 31.6 Å². The Morgan fingerprint density at radius 2 is 2.33 bits per heavy atom. The predicted octanol–water partition coefficient (Wildman–Crippen LogP) is 2.28. The molecule has 1 aliphatic rings. The highest BCUT2D eigenvalue weighted by Gasteiger charge is 2.16. The highest BCUT2D eigenvalue weighted by molar-refractivity contribution is 5.76. The maximum atomic E-state index is 5.77. The molecule has 18 heavy (non-hydrogen) atoms. The van der Waals surface area contributed by atoms with Crippen molar-refractivity contribution in [2.24, 2.45) is 0 Å². The number of rotatable bonds is 2. The second kappa shape index (κ2) is 4.71. The molecule has 4 heteroatoms. The molecule has 2 aromatic rings. The van der Waals surface area contributed by atoms with Gasteiger partial charge in [0.15, 0.2) is 0 Å². The van der Waals surface area contributed by atoms with Gasteiger partial charge in [-0.15, -0.1) is 0 Å². The molecular weight excluding hydrogens is 226 g/mol. The van der Waals surface area contributed by atoms with Crippen molar-refractivity contribution in [1.29, 1.82) is 0 Å². The number of hydrogen-bond donors (Lipinski definition) is 1. The summed E-state index contributed by atoms with van der Waals surface area (Å²) in [6.07, 6.45) is 2.08. The fourth-order valence-electron chi connectivity index (χ4n) is 2.44. The smallest absolute Gasteiger partial charge is 0.0960 e. The maximum absolute atomic E-state index is 5.77. The standard InChI is InChI=1S/C14H19N3O/c1-10(2)17-9-16-12-7-11(3-4-13(12)17)14-8-15-5-6-18-14/h3-4,7,9-10,14-15H,5-6,8H2,1-2H3. The first kappa shape index (κ1) is 11.7. The van der Waals surface area contributed by atoms with E-state index >= 15 is 0 Å². The molecule has 0 spiro atoms. The topological polar surface area (TPSA) is 39.1 Å². The summed E-state index contributed by atoms with van der Waals surface area (Å²) in [7, 11) is 0. The van der Waals surface area contributed by atoms with Gasteiger partial charge in [0, 0.05) is 19.1 Å². The largest absolute Gasteiger partial charge is 0.371 e. The van der Waals surface area contributed by atoms with Gasteiger partial charge in [-0.3, -0.25) is 0 Å². The van der Waals surface area contributed by atoms with E-state index in [1.165, 1.54) is 11.1 Å². The summed E-state index contributed by atoms with van der Waals surface area (Å²) in [6, 6.07) is 6.88. The van der Waals surface area contributed by atoms with Gasteiger partial charge in [0.1, 0.15) is 0 Å². The average molecular weight is 245 g/mol. The number of aromatic nitrogens is 2. The Bertz CT molecular complexity index is 541. The summed E-state index contributed by atoms with van der Waals surface area (Å²) < 4.78 is 7.96. The lowest BCUT2D eigenvalue weighted by Gasteiger charge is -2.24. The van der Waals surface area contributed by atoms with Crippen LogP contribution in [0.25, 0.3) is 11.0 Å². The fraction of sp³-hybridized carbons (Fsp3) is 0.500. The molecule has 0 aliphatic carbocycles. The van der Waals surface area contributed by atoms with Crippen LogP contribution in [0.4, 0.5) is 0 Å². The van der Waals surface area contributed by atoms with Crippen LogP contribution in [-0.4, -0.2) is 29.2 Å². The third kappa shape index (κ3) is 2.02. The average Bonchev–Trinajstić information content (AvgIpc) is 2.82. The van der Waals surface area contributed by atoms with Crippen molar-refractivity contribution in [2.75, 3.05) is 19.7 Å². The molecule has 1 fully saturated rings. The van der Waals surface area contributed by atoms with Gasteiger partial charge in [-0.25, -0.2) is 4.98 Å². The zero-order chi connectivity index (χ0) is 12.5. The van der Waals surface area contributed by atoms with Crippen molar-refractivity contribution in [3.63, 3.8) is 0 Å². The molecule has 1 aromatic heterocycles. The molecule has 1 aromatic carbocycles. The molecule has 1 unspecified atom stereocenters. The van der Waals surface area contributed by atoms with E-state index in [4.69, 9.17) is 4.74 Å². The van der Waals surface area contributed by atoms with Crippen molar-refractivity contribution >= 4 is 11.0 Å². The third-order valence-corrected chi connectivity index (χ3v) is 3.45. The summed E-state index contributed by atoms with van der Waals surface area (Å²) in [4.78, 5) is 4.48. The summed E-state index contributed by atoms with van der Waals surface area (Å²) in [5.74, 6) is 0. The molecule has 1 aliphatic heterocycles. The molecule has 4 nitrogen and oxygen atoms in total. The first-order valence-electron chi connectivity index (χ1n) is 6.54. The van der Waals surface area contributed by atoms with Gasteiger partial charge >= 0.3 is 0 Å². The molecule has 1 saturated heterocycles. The van der Waals surface area contributed by atoms with Crippen LogP contribution in [0.3, 0.4) is 0 Å². The monoisotopic (exact) mass is 245 g/mol. The summed E-state index contributed by atoms with van der Waals surface area (Å²) in [6.45, 7) is 6.95. The number of hydrogen-bond acceptors (Lipinski definition) is 3. The third-order valence-electron chi connectivity index (χ3n) is 3.45. The van der Waals surface area contributed by atoms with E-state index in [1.54, 1.807) is 0 Å². The summed E-state index contributed by atoms with van der Waals surface area (Å²) in [5, 5.41) is 3.35. The first-order valence-corrected chi connectivity index (χ1v) is 6.54. The number of fused-ring (bicyclic) bond motifs is 1. The van der Waals surface area contributed by atoms with Crippen molar-refractivity contribution in [2.45, 2.75) is 26.0 Å². The zero-order valence-electron chi connectivity index (χ0n) is 10.9. The van der Waals surface area contributed by atoms with Crippen LogP contribution in [0, 0.1) is 0 Å². The molecule has 0 bridgehead atoms. The molecule has 1 N–H and O–H groups in total. The van der Waals surface area contributed by atoms with Crippen LogP contribution >= 0.6 is 0 Å². The SMILES string of the molecule is CC(C)n1cnc2cc(C3CNCCO3)ccc21. The van der Waals surface area contributed by atoms with Crippen molar-refractivity contribution in [3.05, 3.63) is 30.1 Å². The van der Waals surface area contributed by atoms with E-state index in [0.717, 1.165) is 25.2 Å². The molecule has 2 heterocycles. The zero-order valence-corrected chi connectivity index (χ0v) is 10.9. The van der Waals surface area contributed by atoms with Crippen LogP contribution in [0.15, 0.2) is 24.5 Å². The van der Waals surface area contributed by atoms with E-state index in [9.17, 15) is 0 Å². The normalized spacial score (nSPS) is 20.7. The minimum absolute atomic E-state index is 0.160. The van der Waals surface area contributed by atoms with Gasteiger partial charge in [0.05, 0.1) is 30.1 Å². The van der Waals surface area contributed by atoms with E-state index in [2.05, 4.69) is 46.9 Å². The fourth-order valence-corrected chi connectivity index (χ4v) is 2.44. The Hall–Kier alpha value is -1.39. The Morgan fingerprint density at radius 1 is 1.44 bits per heavy atom. The van der Waals surface area contributed by atoms with Gasteiger partial charge in [0.2, 0.25) is 0 Å². The molecule has 1 atom stereocenters. The summed E-state index contributed by atoms with van der Waals surface area (Å²) in [5.41, 5.74) is 3.46. The second-order valence-electron chi connectivity index (χ2n) is 5.06. The number of nitrogens with one attached hydrogen (secondary N) is 1. The number of morpholine rings is 1. The van der Waals surface area contributed by atoms with Gasteiger partial charge in [-0.1, -0.05) is 6.07 Å². The molecule has 0 saturated carbocycles. The molecule has 0 amide bonds. The van der Waals surface area contributed by atoms with Crippen LogP contribution in [0.5, 0.6) is 0 Å². The number of benzene rings is 1. The lowest BCUT2D eigenvalue weighted by Crippen LogP contribution is -2.33. The number of ether oxygens (including phenoxy) is 1. The van der Waals surface area contributed by atoms with Gasteiger partial charge in [-0.2, -0.15) is 0 Å². The Kier molecular flexibility index (Phi) is 3.06. The Balaban J connectivity index is 1.96. The Labute approximate surface area is 107 Å². The highest BCUT2D eigenvalue weighted by atomic mass is 16.5. The minimum Gasteiger partial charge on any atom is -0.371 e. The highest BCUT2D eigenvalue weighted by Crippen LogP contribution is 2.24. The molecule has 0 radical (unpaired) electrons. The molecule has 96 valence electrons. The van der Waals surface area contributed by atoms with Gasteiger partial charge in [0.25, 0.3) is 0 Å².